The minimum Gasteiger partial charge on any atom is -0.489 e. The summed E-state index contributed by atoms with van der Waals surface area (Å²) < 4.78 is 5.64. The van der Waals surface area contributed by atoms with Gasteiger partial charge in [0.2, 0.25) is 0 Å². The molecule has 1 aromatic heterocycles. The van der Waals surface area contributed by atoms with Crippen molar-refractivity contribution < 1.29 is 4.74 Å². The lowest BCUT2D eigenvalue weighted by molar-refractivity contribution is 0.306. The third-order valence-corrected chi connectivity index (χ3v) is 2.47. The first-order valence-corrected chi connectivity index (χ1v) is 5.67. The van der Waals surface area contributed by atoms with Crippen molar-refractivity contribution in [3.63, 3.8) is 0 Å². The number of hydrogen-bond acceptors (Lipinski definition) is 3. The molecule has 0 aliphatic rings. The van der Waals surface area contributed by atoms with Crippen LogP contribution in [-0.2, 0) is 13.0 Å². The SMILES string of the molecule is N=C(N)Cc1ccc(OCc2ccncc2)cc1. The van der Waals surface area contributed by atoms with Crippen LogP contribution in [0.25, 0.3) is 0 Å². The number of pyridine rings is 1. The standard InChI is InChI=1S/C14H15N3O/c15-14(16)9-11-1-3-13(4-2-11)18-10-12-5-7-17-8-6-12/h1-8H,9-10H2,(H3,15,16). The first-order valence-electron chi connectivity index (χ1n) is 5.67. The van der Waals surface area contributed by atoms with E-state index in [9.17, 15) is 0 Å². The van der Waals surface area contributed by atoms with Crippen molar-refractivity contribution in [2.24, 2.45) is 5.73 Å². The number of amidine groups is 1. The van der Waals surface area contributed by atoms with Gasteiger partial charge >= 0.3 is 0 Å². The van der Waals surface area contributed by atoms with Crippen molar-refractivity contribution in [2.45, 2.75) is 13.0 Å². The zero-order valence-corrected chi connectivity index (χ0v) is 9.97. The molecule has 0 aliphatic heterocycles. The highest BCUT2D eigenvalue weighted by molar-refractivity contribution is 5.79. The minimum atomic E-state index is 0.167. The Morgan fingerprint density at radius 1 is 1.06 bits per heavy atom. The lowest BCUT2D eigenvalue weighted by Gasteiger charge is -2.07. The average molecular weight is 241 g/mol. The van der Waals surface area contributed by atoms with Gasteiger partial charge < -0.3 is 10.5 Å². The molecule has 4 heteroatoms. The summed E-state index contributed by atoms with van der Waals surface area (Å²) in [5, 5.41) is 7.22. The van der Waals surface area contributed by atoms with Crippen LogP contribution >= 0.6 is 0 Å². The fourth-order valence-electron chi connectivity index (χ4n) is 1.57. The van der Waals surface area contributed by atoms with Crippen molar-refractivity contribution in [1.82, 2.24) is 4.98 Å². The van der Waals surface area contributed by atoms with Crippen molar-refractivity contribution in [3.05, 3.63) is 59.9 Å². The smallest absolute Gasteiger partial charge is 0.119 e. The number of nitrogens with two attached hydrogens (primary N) is 1. The van der Waals surface area contributed by atoms with Gasteiger partial charge in [0.05, 0.1) is 5.84 Å². The quantitative estimate of drug-likeness (QED) is 0.622. The van der Waals surface area contributed by atoms with Gasteiger partial charge in [-0.3, -0.25) is 10.4 Å². The maximum atomic E-state index is 7.22. The Morgan fingerprint density at radius 3 is 2.33 bits per heavy atom. The monoisotopic (exact) mass is 241 g/mol. The number of aromatic nitrogens is 1. The molecule has 3 N–H and O–H groups in total. The van der Waals surface area contributed by atoms with Gasteiger partial charge in [-0.25, -0.2) is 0 Å². The number of hydrogen-bond donors (Lipinski definition) is 2. The van der Waals surface area contributed by atoms with E-state index in [0.717, 1.165) is 16.9 Å². The molecule has 0 fully saturated rings. The van der Waals surface area contributed by atoms with Crippen LogP contribution in [0.2, 0.25) is 0 Å². The Kier molecular flexibility index (Phi) is 3.91. The summed E-state index contributed by atoms with van der Waals surface area (Å²) in [4.78, 5) is 3.95. The van der Waals surface area contributed by atoms with Gasteiger partial charge in [-0.1, -0.05) is 12.1 Å². The van der Waals surface area contributed by atoms with Crippen molar-refractivity contribution >= 4 is 5.84 Å². The molecule has 92 valence electrons. The highest BCUT2D eigenvalue weighted by Gasteiger charge is 1.98. The zero-order valence-electron chi connectivity index (χ0n) is 9.97. The zero-order chi connectivity index (χ0) is 12.8. The summed E-state index contributed by atoms with van der Waals surface area (Å²) in [5.41, 5.74) is 7.44. The van der Waals surface area contributed by atoms with Crippen LogP contribution in [0.3, 0.4) is 0 Å². The molecule has 1 heterocycles. The largest absolute Gasteiger partial charge is 0.489 e. The predicted octanol–water partition coefficient (Wildman–Crippen LogP) is 2.14. The van der Waals surface area contributed by atoms with Crippen LogP contribution in [0.15, 0.2) is 48.8 Å². The molecule has 0 unspecified atom stereocenters. The van der Waals surface area contributed by atoms with Crippen LogP contribution < -0.4 is 10.5 Å². The molecular weight excluding hydrogens is 226 g/mol. The van der Waals surface area contributed by atoms with Crippen LogP contribution in [0.5, 0.6) is 5.75 Å². The molecule has 4 nitrogen and oxygen atoms in total. The van der Waals surface area contributed by atoms with Gasteiger partial charge in [0.25, 0.3) is 0 Å². The van der Waals surface area contributed by atoms with E-state index in [1.165, 1.54) is 0 Å². The molecule has 2 rings (SSSR count). The van der Waals surface area contributed by atoms with Gasteiger partial charge in [0.15, 0.2) is 0 Å². The molecule has 0 atom stereocenters. The summed E-state index contributed by atoms with van der Waals surface area (Å²) in [6.07, 6.45) is 3.97. The van der Waals surface area contributed by atoms with Crippen LogP contribution in [0.4, 0.5) is 0 Å². The molecule has 0 saturated heterocycles. The Hall–Kier alpha value is -2.36. The van der Waals surface area contributed by atoms with Crippen LogP contribution in [0, 0.1) is 5.41 Å². The summed E-state index contributed by atoms with van der Waals surface area (Å²) >= 11 is 0. The van der Waals surface area contributed by atoms with Gasteiger partial charge in [-0.05, 0) is 35.4 Å². The van der Waals surface area contributed by atoms with Crippen molar-refractivity contribution in [3.8, 4) is 5.75 Å². The van der Waals surface area contributed by atoms with E-state index < -0.39 is 0 Å². The third kappa shape index (κ3) is 3.59. The van der Waals surface area contributed by atoms with Crippen LogP contribution in [0.1, 0.15) is 11.1 Å². The topological polar surface area (TPSA) is 72.0 Å². The Balaban J connectivity index is 1.92. The van der Waals surface area contributed by atoms with Gasteiger partial charge in [0.1, 0.15) is 12.4 Å². The lowest BCUT2D eigenvalue weighted by atomic mass is 10.1. The Labute approximate surface area is 106 Å². The minimum absolute atomic E-state index is 0.167. The maximum Gasteiger partial charge on any atom is 0.119 e. The number of rotatable bonds is 5. The Morgan fingerprint density at radius 2 is 1.72 bits per heavy atom. The fraction of sp³-hybridized carbons (Fsp3) is 0.143. The molecule has 0 saturated carbocycles. The second-order valence-corrected chi connectivity index (χ2v) is 3.99. The van der Waals surface area contributed by atoms with Gasteiger partial charge in [-0.15, -0.1) is 0 Å². The van der Waals surface area contributed by atoms with E-state index in [4.69, 9.17) is 15.9 Å². The van der Waals surface area contributed by atoms with Gasteiger partial charge in [-0.2, -0.15) is 0 Å². The van der Waals surface area contributed by atoms with E-state index in [-0.39, 0.29) is 5.84 Å². The van der Waals surface area contributed by atoms with Crippen molar-refractivity contribution in [2.75, 3.05) is 0 Å². The number of benzene rings is 1. The molecule has 18 heavy (non-hydrogen) atoms. The number of nitrogens with zero attached hydrogens (tertiary/aromatic N) is 1. The van der Waals surface area contributed by atoms with Crippen LogP contribution in [-0.4, -0.2) is 10.8 Å². The molecule has 1 aromatic carbocycles. The fourth-order valence-corrected chi connectivity index (χ4v) is 1.57. The molecule has 0 spiro atoms. The number of nitrogens with one attached hydrogen (secondary N) is 1. The van der Waals surface area contributed by atoms with E-state index >= 15 is 0 Å². The number of ether oxygens (including phenoxy) is 1. The maximum absolute atomic E-state index is 7.22. The van der Waals surface area contributed by atoms with E-state index in [1.807, 2.05) is 36.4 Å². The first kappa shape index (κ1) is 12.1. The second-order valence-electron chi connectivity index (χ2n) is 3.99. The Bertz CT molecular complexity index is 508. The average Bonchev–Trinajstić information content (AvgIpc) is 2.38. The molecule has 2 aromatic rings. The second kappa shape index (κ2) is 5.82. The lowest BCUT2D eigenvalue weighted by Crippen LogP contribution is -2.12. The normalized spacial score (nSPS) is 10.0. The molecule has 0 aliphatic carbocycles. The first-order chi connectivity index (χ1) is 8.74. The molecule has 0 bridgehead atoms. The highest BCUT2D eigenvalue weighted by Crippen LogP contribution is 2.14. The summed E-state index contributed by atoms with van der Waals surface area (Å²) in [6.45, 7) is 0.522. The summed E-state index contributed by atoms with van der Waals surface area (Å²) in [5.74, 6) is 0.972. The van der Waals surface area contributed by atoms with Gasteiger partial charge in [0, 0.05) is 18.8 Å². The molecule has 0 amide bonds. The predicted molar refractivity (Wildman–Crippen MR) is 70.6 cm³/mol. The van der Waals surface area contributed by atoms with E-state index in [0.29, 0.717) is 13.0 Å². The summed E-state index contributed by atoms with van der Waals surface area (Å²) in [6, 6.07) is 11.5. The van der Waals surface area contributed by atoms with Crippen molar-refractivity contribution in [1.29, 1.82) is 5.41 Å². The van der Waals surface area contributed by atoms with E-state index in [1.54, 1.807) is 12.4 Å². The molecule has 0 radical (unpaired) electrons. The van der Waals surface area contributed by atoms with E-state index in [2.05, 4.69) is 4.98 Å². The molecular formula is C14H15N3O. The third-order valence-electron chi connectivity index (χ3n) is 2.47. The summed E-state index contributed by atoms with van der Waals surface area (Å²) in [7, 11) is 0. The highest BCUT2D eigenvalue weighted by atomic mass is 16.5.